The molecule has 0 aliphatic rings. The summed E-state index contributed by atoms with van der Waals surface area (Å²) < 4.78 is 5.31. The summed E-state index contributed by atoms with van der Waals surface area (Å²) in [7, 11) is 0. The summed E-state index contributed by atoms with van der Waals surface area (Å²) in [6.45, 7) is 3.69. The van der Waals surface area contributed by atoms with Crippen molar-refractivity contribution < 1.29 is 9.53 Å². The largest absolute Gasteiger partial charge is 0.458 e. The molecule has 0 spiro atoms. The first-order chi connectivity index (χ1) is 14.7. The van der Waals surface area contributed by atoms with Gasteiger partial charge in [0, 0.05) is 31.2 Å². The van der Waals surface area contributed by atoms with E-state index in [9.17, 15) is 4.79 Å². The quantitative estimate of drug-likeness (QED) is 0.227. The molecule has 148 valence electrons. The van der Waals surface area contributed by atoms with Gasteiger partial charge in [-0.2, -0.15) is 0 Å². The zero-order valence-corrected chi connectivity index (χ0v) is 17.9. The number of benzene rings is 4. The van der Waals surface area contributed by atoms with E-state index >= 15 is 0 Å². The molecule has 0 aliphatic heterocycles. The van der Waals surface area contributed by atoms with E-state index < -0.39 is 5.97 Å². The summed E-state index contributed by atoms with van der Waals surface area (Å²) in [6.07, 6.45) is 1.19. The minimum absolute atomic E-state index is 0.219. The van der Waals surface area contributed by atoms with Crippen LogP contribution in [0.3, 0.4) is 0 Å². The number of carbonyl (C=O) groups excluding carboxylic acids is 1. The Bertz CT molecular complexity index is 1190. The van der Waals surface area contributed by atoms with Crippen LogP contribution in [-0.4, -0.2) is 5.97 Å². The lowest BCUT2D eigenvalue weighted by Crippen LogP contribution is -2.01. The third kappa shape index (κ3) is 5.15. The molecular formula is C26H20O2S2. The van der Waals surface area contributed by atoms with Crippen molar-refractivity contribution >= 4 is 40.3 Å². The van der Waals surface area contributed by atoms with Crippen molar-refractivity contribution in [3.8, 4) is 0 Å². The van der Waals surface area contributed by atoms with Gasteiger partial charge in [-0.1, -0.05) is 84.7 Å². The molecule has 4 aromatic rings. The molecule has 30 heavy (non-hydrogen) atoms. The second-order valence-corrected chi connectivity index (χ2v) is 8.87. The van der Waals surface area contributed by atoms with Gasteiger partial charge in [-0.25, -0.2) is 4.79 Å². The fourth-order valence-corrected chi connectivity index (χ4v) is 4.98. The first kappa shape index (κ1) is 20.3. The number of fused-ring (bicyclic) bond motifs is 1. The molecule has 0 bridgehead atoms. The summed E-state index contributed by atoms with van der Waals surface area (Å²) in [5, 5.41) is 2.42. The third-order valence-electron chi connectivity index (χ3n) is 4.50. The summed E-state index contributed by atoms with van der Waals surface area (Å²) in [6, 6.07) is 31.3. The fraction of sp³-hybridized carbons (Fsp3) is 0.0385. The molecule has 0 saturated heterocycles. The molecule has 4 heteroatoms. The number of ether oxygens (including phenoxy) is 1. The Labute approximate surface area is 185 Å². The standard InChI is InChI=1S/C26H20O2S2/c1-2-26(27)28-18-21-13-15-24(29-22-10-4-3-5-11-22)17-25(21)30-23-14-12-19-8-6-7-9-20(19)16-23/h2-17H,1,18H2. The number of esters is 1. The Morgan fingerprint density at radius 3 is 2.27 bits per heavy atom. The zero-order valence-electron chi connectivity index (χ0n) is 16.3. The topological polar surface area (TPSA) is 26.3 Å². The van der Waals surface area contributed by atoms with Crippen molar-refractivity contribution in [1.82, 2.24) is 0 Å². The number of hydrogen-bond acceptors (Lipinski definition) is 4. The van der Waals surface area contributed by atoms with Crippen LogP contribution in [0.25, 0.3) is 10.8 Å². The molecular weight excluding hydrogens is 408 g/mol. The van der Waals surface area contributed by atoms with Crippen molar-refractivity contribution in [1.29, 1.82) is 0 Å². The molecule has 0 amide bonds. The lowest BCUT2D eigenvalue weighted by molar-refractivity contribution is -0.139. The van der Waals surface area contributed by atoms with Gasteiger partial charge in [0.2, 0.25) is 0 Å². The lowest BCUT2D eigenvalue weighted by Gasteiger charge is -2.12. The van der Waals surface area contributed by atoms with Crippen molar-refractivity contribution in [3.63, 3.8) is 0 Å². The molecule has 4 rings (SSSR count). The highest BCUT2D eigenvalue weighted by Crippen LogP contribution is 2.37. The maximum absolute atomic E-state index is 11.6. The molecule has 0 radical (unpaired) electrons. The highest BCUT2D eigenvalue weighted by molar-refractivity contribution is 8.00. The van der Waals surface area contributed by atoms with Gasteiger partial charge in [0.1, 0.15) is 6.61 Å². The van der Waals surface area contributed by atoms with E-state index in [-0.39, 0.29) is 6.61 Å². The Kier molecular flexibility index (Phi) is 6.57. The Hall–Kier alpha value is -2.95. The van der Waals surface area contributed by atoms with Gasteiger partial charge >= 0.3 is 5.97 Å². The molecule has 0 fully saturated rings. The molecule has 0 N–H and O–H groups in total. The van der Waals surface area contributed by atoms with Crippen LogP contribution in [0.4, 0.5) is 0 Å². The van der Waals surface area contributed by atoms with Gasteiger partial charge in [0.05, 0.1) is 0 Å². The van der Waals surface area contributed by atoms with Gasteiger partial charge in [-0.15, -0.1) is 0 Å². The van der Waals surface area contributed by atoms with Crippen LogP contribution in [0.5, 0.6) is 0 Å². The van der Waals surface area contributed by atoms with Crippen LogP contribution in [-0.2, 0) is 16.1 Å². The average molecular weight is 429 g/mol. The maximum Gasteiger partial charge on any atom is 0.330 e. The fourth-order valence-electron chi connectivity index (χ4n) is 3.00. The number of hydrogen-bond donors (Lipinski definition) is 0. The van der Waals surface area contributed by atoms with Gasteiger partial charge in [0.25, 0.3) is 0 Å². The first-order valence-electron chi connectivity index (χ1n) is 9.53. The zero-order chi connectivity index (χ0) is 20.8. The van der Waals surface area contributed by atoms with Gasteiger partial charge < -0.3 is 4.74 Å². The van der Waals surface area contributed by atoms with Crippen molar-refractivity contribution in [3.05, 3.63) is 109 Å². The minimum atomic E-state index is -0.417. The minimum Gasteiger partial charge on any atom is -0.458 e. The highest BCUT2D eigenvalue weighted by atomic mass is 32.2. The molecule has 0 unspecified atom stereocenters. The van der Waals surface area contributed by atoms with Crippen molar-refractivity contribution in [2.45, 2.75) is 26.2 Å². The van der Waals surface area contributed by atoms with E-state index in [2.05, 4.69) is 61.2 Å². The summed E-state index contributed by atoms with van der Waals surface area (Å²) in [5.41, 5.74) is 0.973. The van der Waals surface area contributed by atoms with Crippen LogP contribution in [0.1, 0.15) is 5.56 Å². The second kappa shape index (κ2) is 9.70. The van der Waals surface area contributed by atoms with Crippen LogP contribution in [0.15, 0.2) is 123 Å². The summed E-state index contributed by atoms with van der Waals surface area (Å²) >= 11 is 3.40. The van der Waals surface area contributed by atoms with E-state index in [1.54, 1.807) is 23.5 Å². The Morgan fingerprint density at radius 2 is 1.47 bits per heavy atom. The SMILES string of the molecule is C=CC(=O)OCc1ccc(Sc2ccccc2)cc1Sc1ccc2ccccc2c1. The third-order valence-corrected chi connectivity index (χ3v) is 6.59. The van der Waals surface area contributed by atoms with Gasteiger partial charge in [0.15, 0.2) is 0 Å². The molecule has 0 aliphatic carbocycles. The molecule has 0 aromatic heterocycles. The molecule has 0 atom stereocenters. The van der Waals surface area contributed by atoms with Gasteiger partial charge in [-0.05, 0) is 47.2 Å². The average Bonchev–Trinajstić information content (AvgIpc) is 2.79. The predicted molar refractivity (Wildman–Crippen MR) is 125 cm³/mol. The van der Waals surface area contributed by atoms with E-state index in [0.29, 0.717) is 0 Å². The molecule has 4 aromatic carbocycles. The molecule has 2 nitrogen and oxygen atoms in total. The van der Waals surface area contributed by atoms with Crippen LogP contribution >= 0.6 is 23.5 Å². The molecule has 0 heterocycles. The van der Waals surface area contributed by atoms with E-state index in [1.807, 2.05) is 36.4 Å². The van der Waals surface area contributed by atoms with Crippen LogP contribution in [0.2, 0.25) is 0 Å². The van der Waals surface area contributed by atoms with Gasteiger partial charge in [-0.3, -0.25) is 0 Å². The predicted octanol–water partition coefficient (Wildman–Crippen LogP) is 7.37. The van der Waals surface area contributed by atoms with Crippen molar-refractivity contribution in [2.24, 2.45) is 0 Å². The normalized spacial score (nSPS) is 10.7. The summed E-state index contributed by atoms with van der Waals surface area (Å²) in [5.74, 6) is -0.417. The highest BCUT2D eigenvalue weighted by Gasteiger charge is 2.10. The van der Waals surface area contributed by atoms with Crippen LogP contribution in [0, 0.1) is 0 Å². The van der Waals surface area contributed by atoms with Crippen molar-refractivity contribution in [2.75, 3.05) is 0 Å². The monoisotopic (exact) mass is 428 g/mol. The smallest absolute Gasteiger partial charge is 0.330 e. The van der Waals surface area contributed by atoms with E-state index in [4.69, 9.17) is 4.74 Å². The van der Waals surface area contributed by atoms with Crippen LogP contribution < -0.4 is 0 Å². The maximum atomic E-state index is 11.6. The Balaban J connectivity index is 1.64. The second-order valence-electron chi connectivity index (χ2n) is 6.61. The lowest BCUT2D eigenvalue weighted by atomic mass is 10.1. The summed E-state index contributed by atoms with van der Waals surface area (Å²) in [4.78, 5) is 16.1. The molecule has 0 saturated carbocycles. The van der Waals surface area contributed by atoms with E-state index in [0.717, 1.165) is 20.2 Å². The van der Waals surface area contributed by atoms with E-state index in [1.165, 1.54) is 21.7 Å². The Morgan fingerprint density at radius 1 is 0.767 bits per heavy atom. The number of carbonyl (C=O) groups is 1. The first-order valence-corrected chi connectivity index (χ1v) is 11.2. The number of rotatable bonds is 7.